The molecule has 23 heavy (non-hydrogen) atoms. The number of aromatic nitrogens is 3. The fraction of sp³-hybridized carbons (Fsp3) is 0.438. The minimum Gasteiger partial charge on any atom is -0.357 e. The molecule has 0 spiro atoms. The minimum absolute atomic E-state index is 0. The van der Waals surface area contributed by atoms with E-state index in [1.54, 1.807) is 11.0 Å². The highest BCUT2D eigenvalue weighted by molar-refractivity contribution is 14.0. The fourth-order valence-corrected chi connectivity index (χ4v) is 1.91. The van der Waals surface area contributed by atoms with Crippen molar-refractivity contribution < 1.29 is 0 Å². The molecule has 6 nitrogen and oxygen atoms in total. The van der Waals surface area contributed by atoms with Crippen molar-refractivity contribution in [3.8, 4) is 5.69 Å². The summed E-state index contributed by atoms with van der Waals surface area (Å²) in [6.45, 7) is 8.84. The first-order valence-corrected chi connectivity index (χ1v) is 7.65. The summed E-state index contributed by atoms with van der Waals surface area (Å²) in [7, 11) is 0. The Bertz CT molecular complexity index is 577. The lowest BCUT2D eigenvalue weighted by Gasteiger charge is -2.13. The molecule has 1 aromatic heterocycles. The smallest absolute Gasteiger partial charge is 0.191 e. The van der Waals surface area contributed by atoms with E-state index in [2.05, 4.69) is 58.6 Å². The number of hydrogen-bond acceptors (Lipinski definition) is 3. The lowest BCUT2D eigenvalue weighted by molar-refractivity contribution is 0.615. The van der Waals surface area contributed by atoms with Gasteiger partial charge in [-0.3, -0.25) is 0 Å². The number of rotatable bonds is 6. The monoisotopic (exact) mass is 428 g/mol. The second-order valence-electron chi connectivity index (χ2n) is 5.48. The molecule has 0 aliphatic heterocycles. The second-order valence-corrected chi connectivity index (χ2v) is 5.48. The molecule has 2 aromatic rings. The van der Waals surface area contributed by atoms with E-state index >= 15 is 0 Å². The fourth-order valence-electron chi connectivity index (χ4n) is 1.91. The number of benzene rings is 1. The van der Waals surface area contributed by atoms with Crippen molar-refractivity contribution in [1.82, 2.24) is 25.4 Å². The molecule has 0 saturated carbocycles. The van der Waals surface area contributed by atoms with Crippen molar-refractivity contribution in [3.05, 3.63) is 42.5 Å². The summed E-state index contributed by atoms with van der Waals surface area (Å²) < 4.78 is 1.74. The van der Waals surface area contributed by atoms with Gasteiger partial charge >= 0.3 is 0 Å². The van der Waals surface area contributed by atoms with Gasteiger partial charge in [0, 0.05) is 13.1 Å². The molecule has 0 bridgehead atoms. The quantitative estimate of drug-likeness (QED) is 0.422. The largest absolute Gasteiger partial charge is 0.357 e. The molecule has 1 aromatic carbocycles. The first kappa shape index (κ1) is 19.4. The average Bonchev–Trinajstić information content (AvgIpc) is 3.05. The zero-order valence-corrected chi connectivity index (χ0v) is 16.2. The maximum absolute atomic E-state index is 4.61. The molecule has 0 radical (unpaired) electrons. The molecular formula is C16H25IN6. The number of guanidine groups is 1. The third kappa shape index (κ3) is 6.55. The van der Waals surface area contributed by atoms with Gasteiger partial charge in [0.05, 0.1) is 12.2 Å². The highest BCUT2D eigenvalue weighted by atomic mass is 127. The van der Waals surface area contributed by atoms with Crippen LogP contribution in [0.3, 0.4) is 0 Å². The molecule has 0 unspecified atom stereocenters. The van der Waals surface area contributed by atoms with Crippen LogP contribution in [0, 0.1) is 5.92 Å². The second kappa shape index (κ2) is 10.2. The van der Waals surface area contributed by atoms with Crippen LogP contribution in [0.15, 0.2) is 41.9 Å². The minimum atomic E-state index is 0. The van der Waals surface area contributed by atoms with Crippen LogP contribution < -0.4 is 10.6 Å². The zero-order chi connectivity index (χ0) is 15.8. The Hall–Kier alpha value is -1.64. The van der Waals surface area contributed by atoms with Crippen LogP contribution in [-0.4, -0.2) is 33.8 Å². The Morgan fingerprint density at radius 3 is 2.52 bits per heavy atom. The summed E-state index contributed by atoms with van der Waals surface area (Å²) >= 11 is 0. The van der Waals surface area contributed by atoms with Crippen LogP contribution in [0.2, 0.25) is 0 Å². The van der Waals surface area contributed by atoms with Crippen LogP contribution in [0.25, 0.3) is 5.69 Å². The van der Waals surface area contributed by atoms with Gasteiger partial charge in [-0.2, -0.15) is 5.10 Å². The van der Waals surface area contributed by atoms with E-state index in [1.165, 1.54) is 6.33 Å². The maximum Gasteiger partial charge on any atom is 0.191 e. The van der Waals surface area contributed by atoms with Crippen molar-refractivity contribution in [2.45, 2.75) is 27.3 Å². The normalized spacial score (nSPS) is 11.2. The molecule has 1 heterocycles. The topological polar surface area (TPSA) is 67.1 Å². The van der Waals surface area contributed by atoms with Crippen LogP contribution in [0.1, 0.15) is 26.3 Å². The highest BCUT2D eigenvalue weighted by Gasteiger charge is 2.00. The van der Waals surface area contributed by atoms with Gasteiger partial charge in [0.1, 0.15) is 12.7 Å². The van der Waals surface area contributed by atoms with Gasteiger partial charge < -0.3 is 10.6 Å². The van der Waals surface area contributed by atoms with E-state index in [9.17, 15) is 0 Å². The lowest BCUT2D eigenvalue weighted by Crippen LogP contribution is -2.39. The number of nitrogens with one attached hydrogen (secondary N) is 2. The van der Waals surface area contributed by atoms with Gasteiger partial charge in [-0.15, -0.1) is 24.0 Å². The van der Waals surface area contributed by atoms with Crippen molar-refractivity contribution in [2.75, 3.05) is 13.1 Å². The van der Waals surface area contributed by atoms with Crippen LogP contribution in [0.5, 0.6) is 0 Å². The summed E-state index contributed by atoms with van der Waals surface area (Å²) in [4.78, 5) is 8.56. The van der Waals surface area contributed by atoms with Crippen LogP contribution in [0.4, 0.5) is 0 Å². The van der Waals surface area contributed by atoms with E-state index < -0.39 is 0 Å². The van der Waals surface area contributed by atoms with Gasteiger partial charge in [0.25, 0.3) is 0 Å². The Morgan fingerprint density at radius 2 is 1.96 bits per heavy atom. The SMILES string of the molecule is CCNC(=NCc1ccc(-n2cncn2)cc1)NCC(C)C.I. The summed E-state index contributed by atoms with van der Waals surface area (Å²) in [6.07, 6.45) is 3.22. The Labute approximate surface area is 154 Å². The van der Waals surface area contributed by atoms with E-state index in [4.69, 9.17) is 0 Å². The highest BCUT2D eigenvalue weighted by Crippen LogP contribution is 2.08. The summed E-state index contributed by atoms with van der Waals surface area (Å²) in [5, 5.41) is 10.7. The lowest BCUT2D eigenvalue weighted by atomic mass is 10.2. The first-order chi connectivity index (χ1) is 10.7. The standard InChI is InChI=1S/C16H24N6.HI/c1-4-18-16(19-9-13(2)3)20-10-14-5-7-15(8-6-14)22-12-17-11-21-22;/h5-8,11-13H,4,9-10H2,1-3H3,(H2,18,19,20);1H. The van der Waals surface area contributed by atoms with Gasteiger partial charge in [0.15, 0.2) is 5.96 Å². The molecule has 0 amide bonds. The van der Waals surface area contributed by atoms with Crippen LogP contribution in [-0.2, 0) is 6.54 Å². The molecule has 0 saturated heterocycles. The zero-order valence-electron chi connectivity index (χ0n) is 13.9. The predicted molar refractivity (Wildman–Crippen MR) is 104 cm³/mol. The third-order valence-electron chi connectivity index (χ3n) is 3.06. The van der Waals surface area contributed by atoms with E-state index in [0.29, 0.717) is 12.5 Å². The molecule has 0 atom stereocenters. The third-order valence-corrected chi connectivity index (χ3v) is 3.06. The number of nitrogens with zero attached hydrogens (tertiary/aromatic N) is 4. The van der Waals surface area contributed by atoms with Crippen molar-refractivity contribution in [3.63, 3.8) is 0 Å². The number of aliphatic imine (C=N–C) groups is 1. The van der Waals surface area contributed by atoms with Gasteiger partial charge in [-0.1, -0.05) is 26.0 Å². The molecule has 2 rings (SSSR count). The molecule has 2 N–H and O–H groups in total. The van der Waals surface area contributed by atoms with Crippen LogP contribution >= 0.6 is 24.0 Å². The van der Waals surface area contributed by atoms with Crippen molar-refractivity contribution >= 4 is 29.9 Å². The molecule has 0 aliphatic carbocycles. The summed E-state index contributed by atoms with van der Waals surface area (Å²) in [5.74, 6) is 1.45. The van der Waals surface area contributed by atoms with E-state index in [-0.39, 0.29) is 24.0 Å². The maximum atomic E-state index is 4.61. The first-order valence-electron chi connectivity index (χ1n) is 7.65. The average molecular weight is 428 g/mol. The van der Waals surface area contributed by atoms with Gasteiger partial charge in [0.2, 0.25) is 0 Å². The molecule has 126 valence electrons. The summed E-state index contributed by atoms with van der Waals surface area (Å²) in [5.41, 5.74) is 2.15. The molecule has 0 fully saturated rings. The van der Waals surface area contributed by atoms with Crippen molar-refractivity contribution in [2.24, 2.45) is 10.9 Å². The van der Waals surface area contributed by atoms with Crippen molar-refractivity contribution in [1.29, 1.82) is 0 Å². The number of halogens is 1. The predicted octanol–water partition coefficient (Wildman–Crippen LogP) is 2.60. The Balaban J connectivity index is 0.00000264. The molecular weight excluding hydrogens is 403 g/mol. The van der Waals surface area contributed by atoms with E-state index in [1.807, 2.05) is 12.1 Å². The molecule has 7 heteroatoms. The summed E-state index contributed by atoms with van der Waals surface area (Å²) in [6, 6.07) is 8.17. The van der Waals surface area contributed by atoms with E-state index in [0.717, 1.165) is 30.3 Å². The Morgan fingerprint density at radius 1 is 1.22 bits per heavy atom. The number of hydrogen-bond donors (Lipinski definition) is 2. The van der Waals surface area contributed by atoms with Gasteiger partial charge in [-0.25, -0.2) is 14.7 Å². The molecule has 0 aliphatic rings. The Kier molecular flexibility index (Phi) is 8.60. The van der Waals surface area contributed by atoms with Gasteiger partial charge in [-0.05, 0) is 30.5 Å².